The number of hydrogen-bond donors (Lipinski definition) is 12. The van der Waals surface area contributed by atoms with Crippen molar-refractivity contribution in [3.8, 4) is 34.5 Å². The molecule has 564 valence electrons. The third kappa shape index (κ3) is 18.2. The van der Waals surface area contributed by atoms with E-state index in [4.69, 9.17) is 0 Å². The van der Waals surface area contributed by atoms with E-state index in [9.17, 15) is 90.0 Å². The molecule has 12 aromatic carbocycles. The topological polar surface area (TPSA) is 494 Å². The lowest BCUT2D eigenvalue weighted by Gasteiger charge is -2.18. The second-order valence-corrected chi connectivity index (χ2v) is 26.0. The monoisotopic (exact) mass is 1520 g/mol. The van der Waals surface area contributed by atoms with E-state index in [2.05, 4.69) is 61.4 Å². The first-order chi connectivity index (χ1) is 54.8. The molecule has 30 heteroatoms. The first-order valence-electron chi connectivity index (χ1n) is 34.4. The third-order valence-corrected chi connectivity index (χ3v) is 18.2. The van der Waals surface area contributed by atoms with E-state index in [0.717, 1.165) is 0 Å². The highest BCUT2D eigenvalue weighted by Gasteiger charge is 2.25. The van der Waals surface area contributed by atoms with Crippen LogP contribution in [0.25, 0.3) is 0 Å². The Labute approximate surface area is 644 Å². The molecule has 1 aliphatic carbocycles. The lowest BCUT2D eigenvalue weighted by atomic mass is 9.90. The second-order valence-electron chi connectivity index (χ2n) is 26.0. The van der Waals surface area contributed by atoms with E-state index in [1.54, 1.807) is 0 Å². The van der Waals surface area contributed by atoms with Gasteiger partial charge in [-0.25, -0.2) is 28.8 Å². The van der Waals surface area contributed by atoms with Crippen molar-refractivity contribution in [2.24, 2.45) is 61.4 Å². The fourth-order valence-corrected chi connectivity index (χ4v) is 12.4. The Morgan fingerprint density at radius 3 is 0.360 bits per heavy atom. The van der Waals surface area contributed by atoms with E-state index in [1.165, 1.54) is 218 Å². The van der Waals surface area contributed by atoms with Crippen molar-refractivity contribution in [3.63, 3.8) is 0 Å². The highest BCUT2D eigenvalue weighted by atomic mass is 16.4. The molecule has 1 aliphatic rings. The van der Waals surface area contributed by atoms with Gasteiger partial charge in [-0.2, -0.15) is 61.4 Å². The molecule has 0 amide bonds. The first kappa shape index (κ1) is 76.1. The summed E-state index contributed by atoms with van der Waals surface area (Å²) in [6.07, 6.45) is -2.11. The third-order valence-electron chi connectivity index (χ3n) is 18.2. The van der Waals surface area contributed by atoms with Crippen LogP contribution in [0.5, 0.6) is 34.5 Å². The minimum atomic E-state index is -1.19. The summed E-state index contributed by atoms with van der Waals surface area (Å²) in [5, 5.41) is 188. The molecule has 0 aliphatic heterocycles. The Balaban J connectivity index is 1.05. The summed E-state index contributed by atoms with van der Waals surface area (Å²) in [5.74, 6) is -9.52. The molecule has 0 fully saturated rings. The van der Waals surface area contributed by atoms with Gasteiger partial charge in [-0.3, -0.25) is 0 Å². The van der Waals surface area contributed by atoms with Gasteiger partial charge in [0.1, 0.15) is 34.5 Å². The van der Waals surface area contributed by atoms with Crippen LogP contribution in [0.3, 0.4) is 0 Å². The number of nitrogens with zero attached hydrogens (tertiary/aromatic N) is 12. The number of carboxylic acid groups (broad SMARTS) is 6. The maximum atomic E-state index is 12.8. The zero-order valence-electron chi connectivity index (χ0n) is 59.2. The fourth-order valence-electron chi connectivity index (χ4n) is 12.4. The molecule has 12 bridgehead atoms. The number of hydrogen-bond acceptors (Lipinski definition) is 24. The van der Waals surface area contributed by atoms with Gasteiger partial charge in [-0.1, -0.05) is 0 Å². The Kier molecular flexibility index (Phi) is 22.1. The molecule has 0 unspecified atom stereocenters. The Hall–Kier alpha value is -16.1. The molecule has 13 rings (SSSR count). The molecular formula is C84H60N12O18. The maximum absolute atomic E-state index is 12.8. The predicted octanol–water partition coefficient (Wildman–Crippen LogP) is 20.5. The van der Waals surface area contributed by atoms with Gasteiger partial charge in [-0.15, -0.1) is 0 Å². The van der Waals surface area contributed by atoms with Crippen molar-refractivity contribution in [2.75, 3.05) is 0 Å². The summed E-state index contributed by atoms with van der Waals surface area (Å²) in [4.78, 5) is 71.1. The predicted molar refractivity (Wildman–Crippen MR) is 411 cm³/mol. The van der Waals surface area contributed by atoms with Gasteiger partial charge < -0.3 is 61.3 Å². The first-order valence-corrected chi connectivity index (χ1v) is 34.4. The summed E-state index contributed by atoms with van der Waals surface area (Å²) in [6, 6.07) is 50.5. The van der Waals surface area contributed by atoms with Gasteiger partial charge in [0.2, 0.25) is 0 Å². The van der Waals surface area contributed by atoms with E-state index in [1.807, 2.05) is 0 Å². The van der Waals surface area contributed by atoms with Crippen LogP contribution in [0.2, 0.25) is 0 Å². The molecule has 0 aromatic heterocycles. The molecule has 0 spiro atoms. The maximum Gasteiger partial charge on any atom is 0.335 e. The molecule has 114 heavy (non-hydrogen) atoms. The number of azo groups is 6. The zero-order chi connectivity index (χ0) is 80.4. The molecular weight excluding hydrogens is 1460 g/mol. The van der Waals surface area contributed by atoms with Crippen LogP contribution in [-0.4, -0.2) is 97.1 Å². The summed E-state index contributed by atoms with van der Waals surface area (Å²) < 4.78 is 0. The molecule has 12 N–H and O–H groups in total. The van der Waals surface area contributed by atoms with Gasteiger partial charge in [0.15, 0.2) is 0 Å². The molecule has 30 nitrogen and oxygen atoms in total. The number of aromatic carboxylic acids is 6. The lowest BCUT2D eigenvalue weighted by molar-refractivity contribution is 0.0686. The van der Waals surface area contributed by atoms with Crippen molar-refractivity contribution < 1.29 is 90.0 Å². The number of carboxylic acids is 6. The van der Waals surface area contributed by atoms with Crippen molar-refractivity contribution in [1.82, 2.24) is 0 Å². The number of fused-ring (bicyclic) bond motifs is 12. The number of benzene rings is 12. The van der Waals surface area contributed by atoms with E-state index in [0.29, 0.717) is 0 Å². The summed E-state index contributed by atoms with van der Waals surface area (Å²) in [6.45, 7) is 0. The largest absolute Gasteiger partial charge is 0.507 e. The number of aromatic hydroxyl groups is 6. The van der Waals surface area contributed by atoms with Crippen LogP contribution in [0.15, 0.2) is 280 Å². The molecule has 12 aromatic rings. The van der Waals surface area contributed by atoms with Crippen molar-refractivity contribution >= 4 is 104 Å². The van der Waals surface area contributed by atoms with Crippen molar-refractivity contribution in [2.45, 2.75) is 38.5 Å². The average Bonchev–Trinajstić information content (AvgIpc) is 0.785. The quantitative estimate of drug-likeness (QED) is 0.0355. The normalized spacial score (nSPS) is 12.4. The van der Waals surface area contributed by atoms with Crippen molar-refractivity contribution in [3.05, 3.63) is 319 Å². The number of rotatable bonds is 18. The second kappa shape index (κ2) is 33.1. The lowest BCUT2D eigenvalue weighted by Crippen LogP contribution is -2.01. The summed E-state index contributed by atoms with van der Waals surface area (Å²) in [7, 11) is 0. The minimum Gasteiger partial charge on any atom is -0.507 e. The van der Waals surface area contributed by atoms with E-state index in [-0.39, 0.29) is 207 Å². The Morgan fingerprint density at radius 2 is 0.263 bits per heavy atom. The minimum absolute atomic E-state index is 0.0333. The van der Waals surface area contributed by atoms with Crippen LogP contribution < -0.4 is 0 Å². The van der Waals surface area contributed by atoms with Crippen LogP contribution in [0.4, 0.5) is 68.2 Å². The number of phenols is 6. The Morgan fingerprint density at radius 1 is 0.167 bits per heavy atom. The zero-order valence-corrected chi connectivity index (χ0v) is 59.2. The molecule has 0 atom stereocenters. The molecule has 0 heterocycles. The molecule has 0 saturated heterocycles. The van der Waals surface area contributed by atoms with Gasteiger partial charge in [0.05, 0.1) is 102 Å². The van der Waals surface area contributed by atoms with Crippen LogP contribution in [0, 0.1) is 0 Å². The Bertz CT molecular complexity index is 4960. The average molecular weight is 1530 g/mol. The smallest absolute Gasteiger partial charge is 0.335 e. The van der Waals surface area contributed by atoms with Crippen molar-refractivity contribution in [1.29, 1.82) is 0 Å². The van der Waals surface area contributed by atoms with E-state index < -0.39 is 70.3 Å². The van der Waals surface area contributed by atoms with Crippen LogP contribution in [0.1, 0.15) is 129 Å². The molecule has 0 saturated carbocycles. The number of carbonyl (C=O) groups is 6. The van der Waals surface area contributed by atoms with E-state index >= 15 is 0 Å². The van der Waals surface area contributed by atoms with Crippen LogP contribution >= 0.6 is 0 Å². The van der Waals surface area contributed by atoms with Gasteiger partial charge >= 0.3 is 35.8 Å². The summed E-state index contributed by atoms with van der Waals surface area (Å²) >= 11 is 0. The SMILES string of the molecule is O=C(O)c1ccc(N=Nc2cc3c(O)c(c2)Cc2cc(N=Nc4ccc(C(=O)O)cc4)cc(c2O)Cc2cc(N=Nc4ccc(C(=O)O)cc4)cc(c2O)Cc2cc(N=Nc4ccc(C(=O)O)cc4)cc(c2O)Cc2cc(N=Nc4ccc(C(=O)O)cc4)cc(c2O)Cc2cc(N=Nc4ccc(C(=O)O)cc4)cc(c2O)C3)cc1. The highest BCUT2D eigenvalue weighted by molar-refractivity contribution is 5.91. The van der Waals surface area contributed by atoms with Gasteiger partial charge in [0.25, 0.3) is 0 Å². The fraction of sp³-hybridized carbons (Fsp3) is 0.0714. The van der Waals surface area contributed by atoms with Crippen LogP contribution in [-0.2, 0) is 38.5 Å². The molecule has 0 radical (unpaired) electrons. The highest BCUT2D eigenvalue weighted by Crippen LogP contribution is 2.45. The summed E-state index contributed by atoms with van der Waals surface area (Å²) in [5.41, 5.74) is 2.62. The standard InChI is InChI=1S/C84H60N12O18/c97-73-49-25-51-33-68(92-86-62-15-3-44(4-16-62)80(105)106)35-53(74(51)98)27-55-37-70(94-88-64-19-7-46(8-20-64)82(109)110)39-57(76(55)100)29-59-41-72(96-90-66-23-11-48(12-24-66)84(113)114)42-60(78(59)102)30-58-40-71(95-89-65-21-9-47(10-22-65)83(111)112)38-56(77(58)101)28-54-36-69(93-87-63-17-5-45(6-18-63)81(107)108)34-52(75(54)99)26-50(73)32-67(31-49)91-85-61-13-1-43(2-14-61)79(103)104/h1-24,31-42,97-102H,25-30H2,(H,103,104)(H,105,106)(H,107,108)(H,109,110)(H,111,112)(H,113,114). The van der Waals surface area contributed by atoms with Gasteiger partial charge in [-0.05, 0) is 218 Å². The number of phenolic OH excluding ortho intramolecular Hbond substituents is 6. The van der Waals surface area contributed by atoms with Gasteiger partial charge in [0, 0.05) is 105 Å².